The van der Waals surface area contributed by atoms with Gasteiger partial charge in [-0.15, -0.1) is 0 Å². The summed E-state index contributed by atoms with van der Waals surface area (Å²) in [6.45, 7) is 4.75. The Hall–Kier alpha value is -4.28. The van der Waals surface area contributed by atoms with E-state index in [-0.39, 0.29) is 16.8 Å². The number of amides is 1. The van der Waals surface area contributed by atoms with E-state index < -0.39 is 10.0 Å². The van der Waals surface area contributed by atoms with Crippen molar-refractivity contribution in [3.63, 3.8) is 0 Å². The van der Waals surface area contributed by atoms with Crippen LogP contribution < -0.4 is 9.46 Å². The second-order valence-corrected chi connectivity index (χ2v) is 11.0. The molecule has 0 bridgehead atoms. The van der Waals surface area contributed by atoms with E-state index in [1.807, 2.05) is 24.3 Å². The molecular weight excluding hydrogens is 516 g/mol. The number of sulfonamides is 1. The molecule has 0 radical (unpaired) electrons. The second kappa shape index (κ2) is 11.2. The summed E-state index contributed by atoms with van der Waals surface area (Å²) in [5.41, 5.74) is 2.36. The molecule has 5 rings (SSSR count). The van der Waals surface area contributed by atoms with Crippen LogP contribution in [0.15, 0.2) is 90.0 Å². The number of esters is 1. The number of pyridine rings is 1. The van der Waals surface area contributed by atoms with Gasteiger partial charge in [0.15, 0.2) is 0 Å². The number of nitrogens with one attached hydrogen (secondary N) is 1. The maximum atomic E-state index is 13.1. The van der Waals surface area contributed by atoms with Gasteiger partial charge in [-0.3, -0.25) is 24.2 Å². The van der Waals surface area contributed by atoms with Crippen molar-refractivity contribution < 1.29 is 22.7 Å². The smallest absolute Gasteiger partial charge is 0.308 e. The normalized spacial score (nSPS) is 14.2. The summed E-state index contributed by atoms with van der Waals surface area (Å²) in [5, 5.41) is 0.735. The molecule has 1 saturated heterocycles. The third-order valence-electron chi connectivity index (χ3n) is 6.52. The Labute approximate surface area is 227 Å². The van der Waals surface area contributed by atoms with Crippen molar-refractivity contribution in [2.45, 2.75) is 18.4 Å². The van der Waals surface area contributed by atoms with Crippen LogP contribution in [0.25, 0.3) is 10.9 Å². The molecule has 1 aliphatic heterocycles. The van der Waals surface area contributed by atoms with Crippen LogP contribution in [-0.2, 0) is 21.4 Å². The molecule has 0 atom stereocenters. The second-order valence-electron chi connectivity index (χ2n) is 9.32. The van der Waals surface area contributed by atoms with E-state index in [0.717, 1.165) is 30.6 Å². The molecule has 4 aromatic rings. The van der Waals surface area contributed by atoms with Crippen LogP contribution in [-0.4, -0.2) is 61.3 Å². The molecule has 10 heteroatoms. The summed E-state index contributed by atoms with van der Waals surface area (Å²) in [6.07, 6.45) is 1.56. The molecule has 3 aromatic carbocycles. The lowest BCUT2D eigenvalue weighted by Crippen LogP contribution is -2.48. The molecule has 1 aromatic heterocycles. The molecule has 200 valence electrons. The number of aromatic nitrogens is 1. The number of piperazine rings is 1. The largest absolute Gasteiger partial charge is 0.427 e. The van der Waals surface area contributed by atoms with Gasteiger partial charge >= 0.3 is 5.97 Å². The number of benzene rings is 3. The number of para-hydroxylation sites is 1. The molecule has 0 aliphatic carbocycles. The monoisotopic (exact) mass is 544 g/mol. The van der Waals surface area contributed by atoms with Gasteiger partial charge in [0, 0.05) is 62.5 Å². The van der Waals surface area contributed by atoms with E-state index in [2.05, 4.69) is 14.6 Å². The predicted octanol–water partition coefficient (Wildman–Crippen LogP) is 3.92. The molecule has 9 nitrogen and oxygen atoms in total. The highest BCUT2D eigenvalue weighted by atomic mass is 32.2. The van der Waals surface area contributed by atoms with Gasteiger partial charge in [0.2, 0.25) is 0 Å². The van der Waals surface area contributed by atoms with Crippen LogP contribution in [0.5, 0.6) is 5.75 Å². The first-order chi connectivity index (χ1) is 18.8. The average Bonchev–Trinajstić information content (AvgIpc) is 2.94. The molecule has 1 fully saturated rings. The quantitative estimate of drug-likeness (QED) is 0.278. The molecule has 0 unspecified atom stereocenters. The molecule has 39 heavy (non-hydrogen) atoms. The predicted molar refractivity (Wildman–Crippen MR) is 148 cm³/mol. The Bertz CT molecular complexity index is 1590. The zero-order valence-electron chi connectivity index (χ0n) is 21.4. The number of ether oxygens (including phenoxy) is 1. The van der Waals surface area contributed by atoms with Crippen molar-refractivity contribution in [2.24, 2.45) is 0 Å². The van der Waals surface area contributed by atoms with Crippen LogP contribution in [0.3, 0.4) is 0 Å². The van der Waals surface area contributed by atoms with Gasteiger partial charge < -0.3 is 9.64 Å². The van der Waals surface area contributed by atoms with Gasteiger partial charge in [-0.05, 0) is 54.1 Å². The number of fused-ring (bicyclic) bond motifs is 1. The van der Waals surface area contributed by atoms with E-state index in [0.29, 0.717) is 35.6 Å². The van der Waals surface area contributed by atoms with Gasteiger partial charge in [-0.1, -0.05) is 30.3 Å². The topological polar surface area (TPSA) is 109 Å². The first-order valence-corrected chi connectivity index (χ1v) is 14.0. The van der Waals surface area contributed by atoms with E-state index in [4.69, 9.17) is 4.74 Å². The summed E-state index contributed by atoms with van der Waals surface area (Å²) < 4.78 is 33.8. The highest BCUT2D eigenvalue weighted by molar-refractivity contribution is 7.93. The minimum atomic E-state index is -3.87. The summed E-state index contributed by atoms with van der Waals surface area (Å²) >= 11 is 0. The third-order valence-corrected chi connectivity index (χ3v) is 7.93. The van der Waals surface area contributed by atoms with Crippen molar-refractivity contribution in [3.05, 3.63) is 96.2 Å². The zero-order valence-corrected chi connectivity index (χ0v) is 22.2. The van der Waals surface area contributed by atoms with Gasteiger partial charge in [0.05, 0.1) is 5.52 Å². The first-order valence-electron chi connectivity index (χ1n) is 12.5. The Kier molecular flexibility index (Phi) is 7.58. The molecule has 1 amide bonds. The molecule has 2 heterocycles. The van der Waals surface area contributed by atoms with E-state index in [9.17, 15) is 18.0 Å². The van der Waals surface area contributed by atoms with E-state index in [1.54, 1.807) is 59.6 Å². The number of carbonyl (C=O) groups is 2. The number of nitrogens with zero attached hydrogens (tertiary/aromatic N) is 3. The lowest BCUT2D eigenvalue weighted by molar-refractivity contribution is -0.131. The fourth-order valence-corrected chi connectivity index (χ4v) is 5.80. The summed E-state index contributed by atoms with van der Waals surface area (Å²) in [5.74, 6) is 0.0806. The van der Waals surface area contributed by atoms with Crippen molar-refractivity contribution in [1.29, 1.82) is 0 Å². The Morgan fingerprint density at radius 2 is 1.59 bits per heavy atom. The molecule has 0 spiro atoms. The summed E-state index contributed by atoms with van der Waals surface area (Å²) in [7, 11) is -3.87. The first kappa shape index (κ1) is 26.3. The lowest BCUT2D eigenvalue weighted by atomic mass is 10.1. The standard InChI is InChI=1S/C29H28N4O5S/c1-21(34)38-26-13-7-22(8-14-26)20-32-16-18-33(19-17-32)29(35)24-9-11-25(12-10-24)31-39(36,37)27-6-2-4-23-5-3-15-30-28(23)27/h2-15,31H,16-20H2,1H3. The van der Waals surface area contributed by atoms with Crippen LogP contribution in [0.1, 0.15) is 22.8 Å². The summed E-state index contributed by atoms with van der Waals surface area (Å²) in [4.78, 5) is 32.6. The maximum Gasteiger partial charge on any atom is 0.308 e. The molecule has 1 N–H and O–H groups in total. The van der Waals surface area contributed by atoms with E-state index in [1.165, 1.54) is 13.0 Å². The lowest BCUT2D eigenvalue weighted by Gasteiger charge is -2.34. The molecule has 0 saturated carbocycles. The van der Waals surface area contributed by atoms with Crippen LogP contribution in [0, 0.1) is 0 Å². The number of hydrogen-bond acceptors (Lipinski definition) is 7. The van der Waals surface area contributed by atoms with Crippen LogP contribution in [0.4, 0.5) is 5.69 Å². The minimum Gasteiger partial charge on any atom is -0.427 e. The van der Waals surface area contributed by atoms with Gasteiger partial charge in [-0.25, -0.2) is 8.42 Å². The number of rotatable bonds is 7. The van der Waals surface area contributed by atoms with Gasteiger partial charge in [-0.2, -0.15) is 0 Å². The van der Waals surface area contributed by atoms with Crippen LogP contribution >= 0.6 is 0 Å². The average molecular weight is 545 g/mol. The Morgan fingerprint density at radius 1 is 0.897 bits per heavy atom. The summed E-state index contributed by atoms with van der Waals surface area (Å²) in [6, 6.07) is 22.5. The highest BCUT2D eigenvalue weighted by Gasteiger charge is 2.23. The minimum absolute atomic E-state index is 0.0898. The van der Waals surface area contributed by atoms with Gasteiger partial charge in [0.25, 0.3) is 15.9 Å². The number of hydrogen-bond donors (Lipinski definition) is 1. The maximum absolute atomic E-state index is 13.1. The Balaban J connectivity index is 1.17. The van der Waals surface area contributed by atoms with Crippen molar-refractivity contribution >= 4 is 38.5 Å². The fraction of sp³-hybridized carbons (Fsp3) is 0.207. The SMILES string of the molecule is CC(=O)Oc1ccc(CN2CCN(C(=O)c3ccc(NS(=O)(=O)c4cccc5cccnc45)cc3)CC2)cc1. The number of carbonyl (C=O) groups excluding carboxylic acids is 2. The van der Waals surface area contributed by atoms with E-state index >= 15 is 0 Å². The molecular formula is C29H28N4O5S. The number of anilines is 1. The zero-order chi connectivity index (χ0) is 27.4. The van der Waals surface area contributed by atoms with Crippen molar-refractivity contribution in [3.8, 4) is 5.75 Å². The van der Waals surface area contributed by atoms with Crippen molar-refractivity contribution in [1.82, 2.24) is 14.8 Å². The molecule has 1 aliphatic rings. The Morgan fingerprint density at radius 3 is 2.28 bits per heavy atom. The highest BCUT2D eigenvalue weighted by Crippen LogP contribution is 2.24. The third kappa shape index (κ3) is 6.24. The van der Waals surface area contributed by atoms with Crippen molar-refractivity contribution in [2.75, 3.05) is 30.9 Å². The van der Waals surface area contributed by atoms with Crippen LogP contribution in [0.2, 0.25) is 0 Å². The van der Waals surface area contributed by atoms with Gasteiger partial charge in [0.1, 0.15) is 10.6 Å². The fourth-order valence-electron chi connectivity index (χ4n) is 4.56.